The van der Waals surface area contributed by atoms with E-state index in [1.54, 1.807) is 0 Å². The van der Waals surface area contributed by atoms with Crippen molar-refractivity contribution >= 4 is 15.9 Å². The zero-order valence-electron chi connectivity index (χ0n) is 11.0. The van der Waals surface area contributed by atoms with Gasteiger partial charge in [-0.2, -0.15) is 5.10 Å². The van der Waals surface area contributed by atoms with Crippen LogP contribution >= 0.6 is 15.9 Å². The molecule has 0 unspecified atom stereocenters. The molecule has 96 valence electrons. The van der Waals surface area contributed by atoms with Gasteiger partial charge in [-0.15, -0.1) is 0 Å². The molecule has 0 spiro atoms. The van der Waals surface area contributed by atoms with Gasteiger partial charge in [-0.05, 0) is 63.1 Å². The molecule has 0 aliphatic heterocycles. The molecule has 4 heteroatoms. The average molecular weight is 308 g/mol. The first-order valence-electron chi connectivity index (χ1n) is 6.06. The molecule has 1 aromatic carbocycles. The predicted molar refractivity (Wildman–Crippen MR) is 78.2 cm³/mol. The molecule has 2 N–H and O–H groups in total. The van der Waals surface area contributed by atoms with Crippen LogP contribution in [0.15, 0.2) is 22.7 Å². The Bertz CT molecular complexity index is 573. The van der Waals surface area contributed by atoms with Crippen molar-refractivity contribution in [2.75, 3.05) is 6.54 Å². The SMILES string of the molecule is Cc1nn(-c2ccc(Br)cc2CCN)c(C)c1C. The quantitative estimate of drug-likeness (QED) is 0.947. The van der Waals surface area contributed by atoms with E-state index in [1.165, 1.54) is 16.8 Å². The first-order chi connectivity index (χ1) is 8.54. The van der Waals surface area contributed by atoms with E-state index >= 15 is 0 Å². The predicted octanol–water partition coefficient (Wildman–Crippen LogP) is 3.06. The molecule has 18 heavy (non-hydrogen) atoms. The highest BCUT2D eigenvalue weighted by molar-refractivity contribution is 9.10. The number of benzene rings is 1. The molecule has 0 amide bonds. The number of rotatable bonds is 3. The van der Waals surface area contributed by atoms with Crippen molar-refractivity contribution in [3.8, 4) is 5.69 Å². The van der Waals surface area contributed by atoms with Crippen LogP contribution in [-0.4, -0.2) is 16.3 Å². The number of aromatic nitrogens is 2. The lowest BCUT2D eigenvalue weighted by molar-refractivity contribution is 0.813. The van der Waals surface area contributed by atoms with Gasteiger partial charge in [0.25, 0.3) is 0 Å². The van der Waals surface area contributed by atoms with Crippen molar-refractivity contribution in [3.63, 3.8) is 0 Å². The van der Waals surface area contributed by atoms with Gasteiger partial charge in [0.15, 0.2) is 0 Å². The third kappa shape index (κ3) is 2.35. The van der Waals surface area contributed by atoms with E-state index in [1.807, 2.05) is 17.7 Å². The Morgan fingerprint density at radius 1 is 1.28 bits per heavy atom. The lowest BCUT2D eigenvalue weighted by Gasteiger charge is -2.11. The second kappa shape index (κ2) is 5.24. The van der Waals surface area contributed by atoms with E-state index in [9.17, 15) is 0 Å². The smallest absolute Gasteiger partial charge is 0.0682 e. The van der Waals surface area contributed by atoms with Gasteiger partial charge in [0, 0.05) is 10.2 Å². The summed E-state index contributed by atoms with van der Waals surface area (Å²) in [5.74, 6) is 0. The zero-order chi connectivity index (χ0) is 13.3. The van der Waals surface area contributed by atoms with Gasteiger partial charge >= 0.3 is 0 Å². The monoisotopic (exact) mass is 307 g/mol. The lowest BCUT2D eigenvalue weighted by atomic mass is 10.1. The minimum atomic E-state index is 0.641. The molecule has 0 atom stereocenters. The molecular formula is C14H18BrN3. The minimum absolute atomic E-state index is 0.641. The van der Waals surface area contributed by atoms with Crippen molar-refractivity contribution in [1.82, 2.24) is 9.78 Å². The Hall–Kier alpha value is -1.13. The molecule has 0 bridgehead atoms. The van der Waals surface area contributed by atoms with Crippen molar-refractivity contribution in [2.24, 2.45) is 5.73 Å². The Morgan fingerprint density at radius 2 is 2.00 bits per heavy atom. The Balaban J connectivity index is 2.59. The number of nitrogens with two attached hydrogens (primary N) is 1. The number of halogens is 1. The summed E-state index contributed by atoms with van der Waals surface area (Å²) in [6.07, 6.45) is 0.853. The van der Waals surface area contributed by atoms with Crippen LogP contribution in [0.2, 0.25) is 0 Å². The van der Waals surface area contributed by atoms with E-state index in [-0.39, 0.29) is 0 Å². The van der Waals surface area contributed by atoms with Gasteiger partial charge in [-0.3, -0.25) is 0 Å². The first-order valence-corrected chi connectivity index (χ1v) is 6.85. The van der Waals surface area contributed by atoms with Crippen LogP contribution in [0.4, 0.5) is 0 Å². The molecule has 0 saturated carbocycles. The van der Waals surface area contributed by atoms with Crippen molar-refractivity contribution < 1.29 is 0 Å². The van der Waals surface area contributed by atoms with Crippen LogP contribution in [0.3, 0.4) is 0 Å². The van der Waals surface area contributed by atoms with Crippen LogP contribution in [0, 0.1) is 20.8 Å². The van der Waals surface area contributed by atoms with Crippen molar-refractivity contribution in [3.05, 3.63) is 45.2 Å². The third-order valence-electron chi connectivity index (χ3n) is 3.34. The Morgan fingerprint density at radius 3 is 2.56 bits per heavy atom. The van der Waals surface area contributed by atoms with E-state index in [2.05, 4.69) is 47.0 Å². The lowest BCUT2D eigenvalue weighted by Crippen LogP contribution is -2.08. The second-order valence-electron chi connectivity index (χ2n) is 4.52. The summed E-state index contributed by atoms with van der Waals surface area (Å²) in [5.41, 5.74) is 11.5. The standard InChI is InChI=1S/C14H18BrN3/c1-9-10(2)17-18(11(9)3)14-5-4-13(15)8-12(14)6-7-16/h4-5,8H,6-7,16H2,1-3H3. The topological polar surface area (TPSA) is 43.8 Å². The van der Waals surface area contributed by atoms with Gasteiger partial charge in [0.05, 0.1) is 11.4 Å². The molecular weight excluding hydrogens is 290 g/mol. The molecule has 0 saturated heterocycles. The highest BCUT2D eigenvalue weighted by atomic mass is 79.9. The zero-order valence-corrected chi connectivity index (χ0v) is 12.6. The molecule has 0 radical (unpaired) electrons. The normalized spacial score (nSPS) is 10.9. The van der Waals surface area contributed by atoms with Crippen molar-refractivity contribution in [2.45, 2.75) is 27.2 Å². The Labute approximate surface area is 116 Å². The minimum Gasteiger partial charge on any atom is -0.330 e. The highest BCUT2D eigenvalue weighted by Crippen LogP contribution is 2.23. The maximum Gasteiger partial charge on any atom is 0.0682 e. The Kier molecular flexibility index (Phi) is 3.88. The maximum absolute atomic E-state index is 5.69. The van der Waals surface area contributed by atoms with E-state index in [4.69, 9.17) is 5.73 Å². The van der Waals surface area contributed by atoms with Crippen LogP contribution in [-0.2, 0) is 6.42 Å². The molecule has 0 aliphatic rings. The summed E-state index contributed by atoms with van der Waals surface area (Å²) < 4.78 is 3.09. The summed E-state index contributed by atoms with van der Waals surface area (Å²) in [7, 11) is 0. The number of nitrogens with zero attached hydrogens (tertiary/aromatic N) is 2. The van der Waals surface area contributed by atoms with Crippen LogP contribution in [0.1, 0.15) is 22.5 Å². The van der Waals surface area contributed by atoms with E-state index in [0.717, 1.165) is 22.3 Å². The van der Waals surface area contributed by atoms with Crippen LogP contribution in [0.25, 0.3) is 5.69 Å². The summed E-state index contributed by atoms with van der Waals surface area (Å²) in [6.45, 7) is 6.89. The molecule has 1 heterocycles. The number of aryl methyl sites for hydroxylation is 1. The van der Waals surface area contributed by atoms with E-state index in [0.29, 0.717) is 6.54 Å². The number of hydrogen-bond acceptors (Lipinski definition) is 2. The fraction of sp³-hybridized carbons (Fsp3) is 0.357. The molecule has 3 nitrogen and oxygen atoms in total. The summed E-state index contributed by atoms with van der Waals surface area (Å²) in [6, 6.07) is 6.25. The highest BCUT2D eigenvalue weighted by Gasteiger charge is 2.12. The van der Waals surface area contributed by atoms with Gasteiger partial charge in [-0.1, -0.05) is 15.9 Å². The molecule has 2 aromatic rings. The van der Waals surface area contributed by atoms with Gasteiger partial charge in [0.1, 0.15) is 0 Å². The summed E-state index contributed by atoms with van der Waals surface area (Å²) in [4.78, 5) is 0. The molecule has 0 aliphatic carbocycles. The van der Waals surface area contributed by atoms with Gasteiger partial charge in [-0.25, -0.2) is 4.68 Å². The van der Waals surface area contributed by atoms with Crippen LogP contribution in [0.5, 0.6) is 0 Å². The fourth-order valence-electron chi connectivity index (χ4n) is 2.07. The molecule has 1 aromatic heterocycles. The molecule has 0 fully saturated rings. The second-order valence-corrected chi connectivity index (χ2v) is 5.44. The molecule has 2 rings (SSSR count). The van der Waals surface area contributed by atoms with Crippen molar-refractivity contribution in [1.29, 1.82) is 0 Å². The summed E-state index contributed by atoms with van der Waals surface area (Å²) in [5, 5.41) is 4.61. The summed E-state index contributed by atoms with van der Waals surface area (Å²) >= 11 is 3.51. The maximum atomic E-state index is 5.69. The largest absolute Gasteiger partial charge is 0.330 e. The number of hydrogen-bond donors (Lipinski definition) is 1. The van der Waals surface area contributed by atoms with Crippen LogP contribution < -0.4 is 5.73 Å². The van der Waals surface area contributed by atoms with Gasteiger partial charge < -0.3 is 5.73 Å². The average Bonchev–Trinajstić information content (AvgIpc) is 2.58. The van der Waals surface area contributed by atoms with E-state index < -0.39 is 0 Å². The van der Waals surface area contributed by atoms with Gasteiger partial charge in [0.2, 0.25) is 0 Å². The third-order valence-corrected chi connectivity index (χ3v) is 3.83. The fourth-order valence-corrected chi connectivity index (χ4v) is 2.48. The first kappa shape index (κ1) is 13.3.